The minimum absolute atomic E-state index is 0.201. The molecule has 1 aliphatic rings. The minimum Gasteiger partial charge on any atom is -0.395 e. The number of amides is 1. The van der Waals surface area contributed by atoms with Crippen LogP contribution in [0.15, 0.2) is 24.3 Å². The first-order valence-electron chi connectivity index (χ1n) is 5.88. The average molecular weight is 253 g/mol. The number of hydrogen-bond acceptors (Lipinski definition) is 3. The van der Waals surface area contributed by atoms with E-state index in [0.717, 1.165) is 5.56 Å². The molecule has 0 aliphatic carbocycles. The van der Waals surface area contributed by atoms with Gasteiger partial charge in [-0.05, 0) is 24.1 Å². The molecular weight excluding hydrogens is 237 g/mol. The second-order valence-electron chi connectivity index (χ2n) is 4.57. The van der Waals surface area contributed by atoms with Gasteiger partial charge < -0.3 is 15.2 Å². The molecule has 0 aromatic heterocycles. The van der Waals surface area contributed by atoms with Crippen LogP contribution >= 0.6 is 0 Å². The zero-order valence-corrected chi connectivity index (χ0v) is 9.99. The quantitative estimate of drug-likeness (QED) is 0.803. The van der Waals surface area contributed by atoms with E-state index in [1.165, 1.54) is 12.1 Å². The first-order chi connectivity index (χ1) is 8.66. The SMILES string of the molecule is O=C(NCCc1cccc(F)c1)C1(CO)COC1. The Morgan fingerprint density at radius 2 is 2.28 bits per heavy atom. The minimum atomic E-state index is -0.776. The summed E-state index contributed by atoms with van der Waals surface area (Å²) in [6, 6.07) is 6.28. The van der Waals surface area contributed by atoms with Crippen LogP contribution in [-0.2, 0) is 16.0 Å². The van der Waals surface area contributed by atoms with Crippen LogP contribution in [0.3, 0.4) is 0 Å². The zero-order valence-electron chi connectivity index (χ0n) is 9.99. The van der Waals surface area contributed by atoms with Gasteiger partial charge in [0.1, 0.15) is 11.2 Å². The molecule has 1 aromatic rings. The molecule has 1 heterocycles. The standard InChI is InChI=1S/C13H16FNO3/c14-11-3-1-2-10(6-11)4-5-15-12(17)13(7-16)8-18-9-13/h1-3,6,16H,4-5,7-9H2,(H,15,17). The van der Waals surface area contributed by atoms with E-state index in [0.29, 0.717) is 13.0 Å². The van der Waals surface area contributed by atoms with Gasteiger partial charge in [0, 0.05) is 6.54 Å². The summed E-state index contributed by atoms with van der Waals surface area (Å²) in [6.45, 7) is 0.730. The summed E-state index contributed by atoms with van der Waals surface area (Å²) >= 11 is 0. The van der Waals surface area contributed by atoms with E-state index in [2.05, 4.69) is 5.32 Å². The molecule has 2 N–H and O–H groups in total. The lowest BCUT2D eigenvalue weighted by molar-refractivity contribution is -0.169. The summed E-state index contributed by atoms with van der Waals surface area (Å²) in [5.41, 5.74) is 0.0558. The molecule has 98 valence electrons. The molecule has 5 heteroatoms. The van der Waals surface area contributed by atoms with Crippen molar-refractivity contribution in [1.82, 2.24) is 5.32 Å². The number of hydrogen-bond donors (Lipinski definition) is 2. The van der Waals surface area contributed by atoms with Crippen molar-refractivity contribution in [3.63, 3.8) is 0 Å². The third kappa shape index (κ3) is 2.68. The normalized spacial score (nSPS) is 17.0. The van der Waals surface area contributed by atoms with Gasteiger partial charge >= 0.3 is 0 Å². The highest BCUT2D eigenvalue weighted by molar-refractivity contribution is 5.83. The van der Waals surface area contributed by atoms with E-state index in [9.17, 15) is 9.18 Å². The van der Waals surface area contributed by atoms with Gasteiger partial charge in [-0.2, -0.15) is 0 Å². The molecule has 0 spiro atoms. The Labute approximate surface area is 105 Å². The number of nitrogens with one attached hydrogen (secondary N) is 1. The van der Waals surface area contributed by atoms with E-state index in [1.54, 1.807) is 6.07 Å². The molecule has 0 unspecified atom stereocenters. The lowest BCUT2D eigenvalue weighted by atomic mass is 9.86. The van der Waals surface area contributed by atoms with Crippen LogP contribution in [-0.4, -0.2) is 37.4 Å². The molecule has 1 aromatic carbocycles. The second-order valence-corrected chi connectivity index (χ2v) is 4.57. The molecule has 1 aliphatic heterocycles. The van der Waals surface area contributed by atoms with E-state index in [1.807, 2.05) is 6.07 Å². The van der Waals surface area contributed by atoms with E-state index in [-0.39, 0.29) is 31.5 Å². The molecule has 0 bridgehead atoms. The van der Waals surface area contributed by atoms with Crippen molar-refractivity contribution in [2.45, 2.75) is 6.42 Å². The van der Waals surface area contributed by atoms with Gasteiger partial charge in [-0.3, -0.25) is 4.79 Å². The van der Waals surface area contributed by atoms with E-state index < -0.39 is 5.41 Å². The van der Waals surface area contributed by atoms with Gasteiger partial charge in [-0.25, -0.2) is 4.39 Å². The predicted octanol–water partition coefficient (Wildman–Crippen LogP) is 0.493. The van der Waals surface area contributed by atoms with E-state index in [4.69, 9.17) is 9.84 Å². The molecular formula is C13H16FNO3. The molecule has 0 saturated carbocycles. The van der Waals surface area contributed by atoms with Crippen LogP contribution in [0.1, 0.15) is 5.56 Å². The number of aliphatic hydroxyl groups is 1. The van der Waals surface area contributed by atoms with Crippen LogP contribution in [0.5, 0.6) is 0 Å². The summed E-state index contributed by atoms with van der Waals surface area (Å²) in [5.74, 6) is -0.481. The van der Waals surface area contributed by atoms with Gasteiger partial charge in [0.2, 0.25) is 5.91 Å². The molecule has 0 radical (unpaired) electrons. The van der Waals surface area contributed by atoms with Crippen molar-refractivity contribution < 1.29 is 19.0 Å². The van der Waals surface area contributed by atoms with Crippen molar-refractivity contribution >= 4 is 5.91 Å². The topological polar surface area (TPSA) is 58.6 Å². The maximum atomic E-state index is 12.9. The van der Waals surface area contributed by atoms with Crippen molar-refractivity contribution in [2.75, 3.05) is 26.4 Å². The smallest absolute Gasteiger partial charge is 0.233 e. The molecule has 1 saturated heterocycles. The largest absolute Gasteiger partial charge is 0.395 e. The third-order valence-electron chi connectivity index (χ3n) is 3.13. The summed E-state index contributed by atoms with van der Waals surface area (Å²) in [6.07, 6.45) is 0.561. The van der Waals surface area contributed by atoms with Crippen LogP contribution in [0.2, 0.25) is 0 Å². The van der Waals surface area contributed by atoms with Crippen LogP contribution in [0.4, 0.5) is 4.39 Å². The number of carbonyl (C=O) groups excluding carboxylic acids is 1. The van der Waals surface area contributed by atoms with Crippen molar-refractivity contribution in [2.24, 2.45) is 5.41 Å². The first-order valence-corrected chi connectivity index (χ1v) is 5.88. The fourth-order valence-electron chi connectivity index (χ4n) is 1.84. The monoisotopic (exact) mass is 253 g/mol. The summed E-state index contributed by atoms with van der Waals surface area (Å²) < 4.78 is 17.9. The fraction of sp³-hybridized carbons (Fsp3) is 0.462. The highest BCUT2D eigenvalue weighted by Gasteiger charge is 2.45. The molecule has 1 amide bonds. The maximum Gasteiger partial charge on any atom is 0.233 e. The summed E-state index contributed by atoms with van der Waals surface area (Å²) in [5, 5.41) is 11.9. The number of benzene rings is 1. The predicted molar refractivity (Wildman–Crippen MR) is 63.5 cm³/mol. The Bertz CT molecular complexity index is 426. The fourth-order valence-corrected chi connectivity index (χ4v) is 1.84. The van der Waals surface area contributed by atoms with Crippen molar-refractivity contribution in [3.05, 3.63) is 35.6 Å². The van der Waals surface area contributed by atoms with Gasteiger partial charge in [0.05, 0.1) is 19.8 Å². The Balaban J connectivity index is 1.80. The maximum absolute atomic E-state index is 12.9. The number of carbonyl (C=O) groups is 1. The Hall–Kier alpha value is -1.46. The Morgan fingerprint density at radius 3 is 2.83 bits per heavy atom. The highest BCUT2D eigenvalue weighted by atomic mass is 19.1. The molecule has 4 nitrogen and oxygen atoms in total. The summed E-state index contributed by atoms with van der Waals surface area (Å²) in [7, 11) is 0. The van der Waals surface area contributed by atoms with Crippen molar-refractivity contribution in [1.29, 1.82) is 0 Å². The molecule has 1 fully saturated rings. The number of rotatable bonds is 5. The Morgan fingerprint density at radius 1 is 1.50 bits per heavy atom. The van der Waals surface area contributed by atoms with E-state index >= 15 is 0 Å². The number of aliphatic hydroxyl groups excluding tert-OH is 1. The van der Waals surface area contributed by atoms with Crippen LogP contribution in [0.25, 0.3) is 0 Å². The number of ether oxygens (including phenoxy) is 1. The van der Waals surface area contributed by atoms with Crippen molar-refractivity contribution in [3.8, 4) is 0 Å². The lowest BCUT2D eigenvalue weighted by Crippen LogP contribution is -2.56. The Kier molecular flexibility index (Phi) is 3.93. The second kappa shape index (κ2) is 5.46. The molecule has 0 atom stereocenters. The average Bonchev–Trinajstić information content (AvgIpc) is 2.28. The molecule has 2 rings (SSSR count). The lowest BCUT2D eigenvalue weighted by Gasteiger charge is -2.38. The van der Waals surface area contributed by atoms with Crippen LogP contribution in [0, 0.1) is 11.2 Å². The summed E-state index contributed by atoms with van der Waals surface area (Å²) in [4.78, 5) is 11.8. The number of halogens is 1. The van der Waals surface area contributed by atoms with Gasteiger partial charge in [-0.1, -0.05) is 12.1 Å². The zero-order chi connectivity index (χ0) is 13.0. The van der Waals surface area contributed by atoms with Gasteiger partial charge in [0.25, 0.3) is 0 Å². The van der Waals surface area contributed by atoms with Crippen LogP contribution < -0.4 is 5.32 Å². The third-order valence-corrected chi connectivity index (χ3v) is 3.13. The van der Waals surface area contributed by atoms with Gasteiger partial charge in [0.15, 0.2) is 0 Å². The first kappa shape index (κ1) is 13.0. The molecule has 18 heavy (non-hydrogen) atoms. The van der Waals surface area contributed by atoms with Gasteiger partial charge in [-0.15, -0.1) is 0 Å². The highest BCUT2D eigenvalue weighted by Crippen LogP contribution is 2.26.